The zero-order valence-corrected chi connectivity index (χ0v) is 28.6. The van der Waals surface area contributed by atoms with Crippen LogP contribution in [0.3, 0.4) is 0 Å². The molecule has 2 amide bonds. The number of carboxylic acid groups (broad SMARTS) is 1. The normalized spacial score (nSPS) is 17.0. The maximum absolute atomic E-state index is 14.2. The Balaban J connectivity index is 1.73. The van der Waals surface area contributed by atoms with Crippen molar-refractivity contribution in [3.63, 3.8) is 0 Å². The second-order valence-corrected chi connectivity index (χ2v) is 14.8. The fourth-order valence-corrected chi connectivity index (χ4v) is 7.77. The number of nitrogens with one attached hydrogen (secondary N) is 1. The molecule has 1 heterocycles. The molecule has 15 heteroatoms. The van der Waals surface area contributed by atoms with Gasteiger partial charge in [-0.25, -0.2) is 18.0 Å². The molecule has 0 spiro atoms. The first-order chi connectivity index (χ1) is 23.0. The minimum Gasteiger partial charge on any atom is -0.496 e. The molecule has 1 aliphatic heterocycles. The molecule has 1 aliphatic rings. The zero-order valence-electron chi connectivity index (χ0n) is 27.8. The van der Waals surface area contributed by atoms with Gasteiger partial charge in [-0.15, -0.1) is 0 Å². The second-order valence-electron chi connectivity index (χ2n) is 12.5. The molecule has 49 heavy (non-hydrogen) atoms. The van der Waals surface area contributed by atoms with E-state index >= 15 is 0 Å². The number of methoxy groups -OCH3 is 2. The molecule has 3 aromatic carbocycles. The molecule has 0 saturated carbocycles. The number of hydrogen-bond donors (Lipinski definition) is 2. The number of carboxylic acids is 1. The minimum atomic E-state index is -4.53. The first-order valence-corrected chi connectivity index (χ1v) is 16.8. The van der Waals surface area contributed by atoms with Crippen LogP contribution in [0.5, 0.6) is 11.5 Å². The summed E-state index contributed by atoms with van der Waals surface area (Å²) in [6.07, 6.45) is -1.52. The number of rotatable bonds is 11. The zero-order chi connectivity index (χ0) is 36.1. The smallest absolute Gasteiger partial charge is 0.410 e. The van der Waals surface area contributed by atoms with Crippen LogP contribution >= 0.6 is 0 Å². The van der Waals surface area contributed by atoms with Crippen LogP contribution in [0, 0.1) is 10.1 Å². The van der Waals surface area contributed by atoms with Crippen molar-refractivity contribution in [2.45, 2.75) is 61.3 Å². The van der Waals surface area contributed by atoms with Gasteiger partial charge in [-0.05, 0) is 63.4 Å². The summed E-state index contributed by atoms with van der Waals surface area (Å²) in [6.45, 7) is 4.43. The van der Waals surface area contributed by atoms with Crippen molar-refractivity contribution in [1.82, 2.24) is 10.2 Å². The Labute approximate surface area is 284 Å². The molecule has 1 saturated heterocycles. The number of likely N-dealkylation sites (tertiary alicyclic amines) is 1. The molecule has 14 nitrogen and oxygen atoms in total. The van der Waals surface area contributed by atoms with Gasteiger partial charge in [-0.1, -0.05) is 36.4 Å². The molecular formula is C34H39N3O11S. The first kappa shape index (κ1) is 36.7. The maximum Gasteiger partial charge on any atom is 0.410 e. The summed E-state index contributed by atoms with van der Waals surface area (Å²) < 4.78 is 42.5. The van der Waals surface area contributed by atoms with Crippen molar-refractivity contribution < 1.29 is 47.0 Å². The van der Waals surface area contributed by atoms with Crippen LogP contribution in [0.15, 0.2) is 71.6 Å². The summed E-state index contributed by atoms with van der Waals surface area (Å²) in [5.41, 5.74) is -0.587. The van der Waals surface area contributed by atoms with Gasteiger partial charge in [0.1, 0.15) is 23.1 Å². The highest BCUT2D eigenvalue weighted by Gasteiger charge is 2.55. The fourth-order valence-electron chi connectivity index (χ4n) is 5.76. The summed E-state index contributed by atoms with van der Waals surface area (Å²) >= 11 is 0. The molecule has 0 aromatic heterocycles. The van der Waals surface area contributed by atoms with Gasteiger partial charge in [0.05, 0.1) is 36.1 Å². The lowest BCUT2D eigenvalue weighted by atomic mass is 9.94. The molecule has 0 radical (unpaired) electrons. The Morgan fingerprint density at radius 3 is 2.20 bits per heavy atom. The molecule has 3 aromatic rings. The number of benzene rings is 3. The van der Waals surface area contributed by atoms with Gasteiger partial charge in [0.15, 0.2) is 14.6 Å². The third-order valence-electron chi connectivity index (χ3n) is 8.11. The molecule has 2 atom stereocenters. The van der Waals surface area contributed by atoms with Crippen molar-refractivity contribution in [2.75, 3.05) is 27.3 Å². The van der Waals surface area contributed by atoms with Crippen LogP contribution in [0.2, 0.25) is 0 Å². The van der Waals surface area contributed by atoms with Crippen LogP contribution in [0.25, 0.3) is 11.1 Å². The minimum absolute atomic E-state index is 0.0330. The van der Waals surface area contributed by atoms with Crippen LogP contribution in [0.1, 0.15) is 39.2 Å². The monoisotopic (exact) mass is 697 g/mol. The van der Waals surface area contributed by atoms with Crippen molar-refractivity contribution in [3.8, 4) is 22.6 Å². The number of piperidine rings is 1. The largest absolute Gasteiger partial charge is 0.496 e. The summed E-state index contributed by atoms with van der Waals surface area (Å²) in [5, 5.41) is 24.8. The highest BCUT2D eigenvalue weighted by Crippen LogP contribution is 2.40. The lowest BCUT2D eigenvalue weighted by molar-refractivity contribution is -0.385. The van der Waals surface area contributed by atoms with E-state index in [0.717, 1.165) is 4.90 Å². The van der Waals surface area contributed by atoms with Gasteiger partial charge in [0, 0.05) is 24.6 Å². The highest BCUT2D eigenvalue weighted by molar-refractivity contribution is 7.93. The molecule has 0 aliphatic carbocycles. The molecule has 1 unspecified atom stereocenters. The van der Waals surface area contributed by atoms with E-state index in [4.69, 9.17) is 14.2 Å². The Morgan fingerprint density at radius 2 is 1.65 bits per heavy atom. The third-order valence-corrected chi connectivity index (χ3v) is 10.6. The number of nitrogens with zero attached hydrogens (tertiary/aromatic N) is 2. The number of nitro benzene ring substituents is 1. The van der Waals surface area contributed by atoms with Crippen LogP contribution < -0.4 is 14.8 Å². The topological polar surface area (TPSA) is 192 Å². The molecule has 1 fully saturated rings. The van der Waals surface area contributed by atoms with Gasteiger partial charge in [-0.3, -0.25) is 14.9 Å². The average molecular weight is 698 g/mol. The Kier molecular flexibility index (Phi) is 10.9. The number of hydrogen-bond acceptors (Lipinski definition) is 10. The predicted octanol–water partition coefficient (Wildman–Crippen LogP) is 4.63. The maximum atomic E-state index is 14.2. The van der Waals surface area contributed by atoms with Gasteiger partial charge < -0.3 is 29.5 Å². The number of sulfone groups is 1. The summed E-state index contributed by atoms with van der Waals surface area (Å²) in [4.78, 5) is 52.3. The van der Waals surface area contributed by atoms with Gasteiger partial charge >= 0.3 is 12.1 Å². The van der Waals surface area contributed by atoms with E-state index in [1.165, 1.54) is 56.7 Å². The summed E-state index contributed by atoms with van der Waals surface area (Å²) in [5.74, 6) is -1.94. The Hall–Kier alpha value is -5.18. The number of aliphatic carboxylic acids is 1. The number of nitro groups is 1. The van der Waals surface area contributed by atoms with Crippen LogP contribution in [0.4, 0.5) is 10.5 Å². The second kappa shape index (κ2) is 14.5. The SMILES string of the molecule is COc1cccc(OC)c1-c1ccc(C[C@H](NC(=O)C2(S(=O)(=O)c3ccccc3)CCCN(C(=O)OC(C)(C)C)C2)C(=O)O)c([N+](=O)[O-])c1. The lowest BCUT2D eigenvalue weighted by Gasteiger charge is -2.41. The molecule has 262 valence electrons. The fraction of sp³-hybridized carbons (Fsp3) is 0.382. The van der Waals surface area contributed by atoms with Crippen LogP contribution in [-0.2, 0) is 30.6 Å². The van der Waals surface area contributed by atoms with Gasteiger partial charge in [0.2, 0.25) is 5.91 Å². The summed E-state index contributed by atoms with van der Waals surface area (Å²) in [6, 6.07) is 14.6. The Bertz CT molecular complexity index is 1820. The number of ether oxygens (including phenoxy) is 3. The van der Waals surface area contributed by atoms with E-state index in [1.54, 1.807) is 45.0 Å². The van der Waals surface area contributed by atoms with E-state index in [0.29, 0.717) is 22.6 Å². The third kappa shape index (κ3) is 7.77. The van der Waals surface area contributed by atoms with Crippen molar-refractivity contribution in [1.29, 1.82) is 0 Å². The lowest BCUT2D eigenvalue weighted by Crippen LogP contribution is -2.64. The van der Waals surface area contributed by atoms with Crippen molar-refractivity contribution >= 4 is 33.5 Å². The number of carbonyl (C=O) groups excluding carboxylic acids is 2. The number of amides is 2. The van der Waals surface area contributed by atoms with Crippen molar-refractivity contribution in [3.05, 3.63) is 82.4 Å². The molecule has 0 bridgehead atoms. The highest BCUT2D eigenvalue weighted by atomic mass is 32.2. The molecule has 2 N–H and O–H groups in total. The molecule has 4 rings (SSSR count). The van der Waals surface area contributed by atoms with E-state index < -0.39 is 67.8 Å². The van der Waals surface area contributed by atoms with Crippen LogP contribution in [-0.4, -0.2) is 85.0 Å². The Morgan fingerprint density at radius 1 is 1.02 bits per heavy atom. The van der Waals surface area contributed by atoms with Gasteiger partial charge in [-0.2, -0.15) is 0 Å². The van der Waals surface area contributed by atoms with E-state index in [1.807, 2.05) is 0 Å². The summed E-state index contributed by atoms with van der Waals surface area (Å²) in [7, 11) is -1.66. The van der Waals surface area contributed by atoms with E-state index in [2.05, 4.69) is 5.32 Å². The van der Waals surface area contributed by atoms with Gasteiger partial charge in [0.25, 0.3) is 5.69 Å². The number of carbonyl (C=O) groups is 3. The predicted molar refractivity (Wildman–Crippen MR) is 178 cm³/mol. The standard InChI is InChI=1S/C34H39N3O11S/c1-33(2,3)48-32(41)36-18-10-17-34(21-36,49(44,45)24-11-7-6-8-12-24)31(40)35-25(30(38)39)19-22-15-16-23(20-26(22)37(42)43)29-27(46-4)13-9-14-28(29)47-5/h6-9,11-16,20,25H,10,17-19,21H2,1-5H3,(H,35,40)(H,38,39)/t25-,34?/m0/s1. The average Bonchev–Trinajstić information content (AvgIpc) is 3.07. The van der Waals surface area contributed by atoms with E-state index in [9.17, 15) is 38.0 Å². The quantitative estimate of drug-likeness (QED) is 0.210. The van der Waals surface area contributed by atoms with Crippen molar-refractivity contribution in [2.24, 2.45) is 0 Å². The first-order valence-electron chi connectivity index (χ1n) is 15.3. The molecular weight excluding hydrogens is 658 g/mol. The van der Waals surface area contributed by atoms with E-state index in [-0.39, 0.29) is 29.8 Å².